The van der Waals surface area contributed by atoms with E-state index in [9.17, 15) is 4.79 Å². The minimum absolute atomic E-state index is 0.341. The maximum atomic E-state index is 11.7. The summed E-state index contributed by atoms with van der Waals surface area (Å²) < 4.78 is 6.52. The van der Waals surface area contributed by atoms with Gasteiger partial charge in [0.2, 0.25) is 0 Å². The van der Waals surface area contributed by atoms with E-state index < -0.39 is 0 Å². The standard InChI is InChI=1S/C11H14N4O2/c1-4-9-13-11-12-6-8(10(16)17-5-2)7(3)15(11)14-9/h6H,4-5H2,1-3H3. The predicted octanol–water partition coefficient (Wildman–Crippen LogP) is 1.17. The number of aryl methyl sites for hydroxylation is 2. The molecule has 6 nitrogen and oxygen atoms in total. The molecule has 0 saturated carbocycles. The van der Waals surface area contributed by atoms with Crippen molar-refractivity contribution in [3.8, 4) is 0 Å². The first-order chi connectivity index (χ1) is 8.17. The molecule has 0 spiro atoms. The van der Waals surface area contributed by atoms with Crippen LogP contribution in [-0.4, -0.2) is 32.2 Å². The third kappa shape index (κ3) is 1.98. The van der Waals surface area contributed by atoms with Gasteiger partial charge in [0.15, 0.2) is 5.82 Å². The lowest BCUT2D eigenvalue weighted by Crippen LogP contribution is -2.11. The van der Waals surface area contributed by atoms with Gasteiger partial charge in [-0.3, -0.25) is 0 Å². The van der Waals surface area contributed by atoms with Gasteiger partial charge in [0, 0.05) is 12.6 Å². The van der Waals surface area contributed by atoms with Gasteiger partial charge in [0.1, 0.15) is 0 Å². The molecule has 0 saturated heterocycles. The molecule has 0 fully saturated rings. The van der Waals surface area contributed by atoms with Gasteiger partial charge in [0.25, 0.3) is 5.78 Å². The van der Waals surface area contributed by atoms with E-state index in [0.29, 0.717) is 29.5 Å². The van der Waals surface area contributed by atoms with Crippen molar-refractivity contribution in [1.29, 1.82) is 0 Å². The lowest BCUT2D eigenvalue weighted by atomic mass is 10.2. The summed E-state index contributed by atoms with van der Waals surface area (Å²) in [5.41, 5.74) is 1.12. The lowest BCUT2D eigenvalue weighted by Gasteiger charge is -2.05. The van der Waals surface area contributed by atoms with Gasteiger partial charge >= 0.3 is 5.97 Å². The molecule has 0 aliphatic rings. The summed E-state index contributed by atoms with van der Waals surface area (Å²) in [6.07, 6.45) is 2.22. The van der Waals surface area contributed by atoms with Crippen LogP contribution in [0.5, 0.6) is 0 Å². The van der Waals surface area contributed by atoms with Crippen molar-refractivity contribution in [2.45, 2.75) is 27.2 Å². The Bertz CT molecular complexity index is 562. The average Bonchev–Trinajstić information content (AvgIpc) is 2.73. The third-order valence-electron chi connectivity index (χ3n) is 2.46. The molecule has 0 bridgehead atoms. The van der Waals surface area contributed by atoms with Crippen molar-refractivity contribution in [3.63, 3.8) is 0 Å². The molecule has 6 heteroatoms. The number of aromatic nitrogens is 4. The first-order valence-electron chi connectivity index (χ1n) is 5.55. The Morgan fingerprint density at radius 1 is 1.47 bits per heavy atom. The molecule has 2 aromatic heterocycles. The van der Waals surface area contributed by atoms with Gasteiger partial charge in [-0.15, -0.1) is 5.10 Å². The van der Waals surface area contributed by atoms with Gasteiger partial charge in [0.05, 0.1) is 17.9 Å². The summed E-state index contributed by atoms with van der Waals surface area (Å²) in [5, 5.41) is 4.27. The summed E-state index contributed by atoms with van der Waals surface area (Å²) in [4.78, 5) is 20.0. The topological polar surface area (TPSA) is 69.4 Å². The maximum Gasteiger partial charge on any atom is 0.341 e. The van der Waals surface area contributed by atoms with E-state index in [1.54, 1.807) is 18.4 Å². The molecule has 2 rings (SSSR count). The number of rotatable bonds is 3. The fraction of sp³-hybridized carbons (Fsp3) is 0.455. The quantitative estimate of drug-likeness (QED) is 0.746. The number of hydrogen-bond donors (Lipinski definition) is 0. The Morgan fingerprint density at radius 3 is 2.88 bits per heavy atom. The van der Waals surface area contributed by atoms with Crippen molar-refractivity contribution < 1.29 is 9.53 Å². The summed E-state index contributed by atoms with van der Waals surface area (Å²) in [6.45, 7) is 5.88. The van der Waals surface area contributed by atoms with Gasteiger partial charge in [-0.05, 0) is 13.8 Å². The van der Waals surface area contributed by atoms with Crippen LogP contribution in [0, 0.1) is 6.92 Å². The molecule has 0 amide bonds. The van der Waals surface area contributed by atoms with E-state index in [-0.39, 0.29) is 5.97 Å². The lowest BCUT2D eigenvalue weighted by molar-refractivity contribution is 0.0524. The SMILES string of the molecule is CCOC(=O)c1cnc2nc(CC)nn2c1C. The molecule has 0 aliphatic heterocycles. The number of carbonyl (C=O) groups is 1. The Balaban J connectivity index is 2.52. The van der Waals surface area contributed by atoms with E-state index in [0.717, 1.165) is 6.42 Å². The first kappa shape index (κ1) is 11.5. The van der Waals surface area contributed by atoms with Crippen molar-refractivity contribution in [1.82, 2.24) is 19.6 Å². The highest BCUT2D eigenvalue weighted by atomic mass is 16.5. The normalized spacial score (nSPS) is 10.8. The molecule has 2 aromatic rings. The molecule has 0 radical (unpaired) electrons. The van der Waals surface area contributed by atoms with Crippen LogP contribution in [0.3, 0.4) is 0 Å². The van der Waals surface area contributed by atoms with E-state index in [1.807, 2.05) is 6.92 Å². The first-order valence-corrected chi connectivity index (χ1v) is 5.55. The van der Waals surface area contributed by atoms with Crippen LogP contribution < -0.4 is 0 Å². The number of esters is 1. The van der Waals surface area contributed by atoms with Crippen LogP contribution in [0.15, 0.2) is 6.20 Å². The zero-order chi connectivity index (χ0) is 12.4. The summed E-state index contributed by atoms with van der Waals surface area (Å²) in [5.74, 6) is 0.835. The maximum absolute atomic E-state index is 11.7. The van der Waals surface area contributed by atoms with E-state index in [2.05, 4.69) is 15.1 Å². The monoisotopic (exact) mass is 234 g/mol. The Kier molecular flexibility index (Phi) is 3.03. The smallest absolute Gasteiger partial charge is 0.341 e. The van der Waals surface area contributed by atoms with Crippen molar-refractivity contribution in [2.75, 3.05) is 6.61 Å². The van der Waals surface area contributed by atoms with Gasteiger partial charge in [-0.2, -0.15) is 4.98 Å². The van der Waals surface area contributed by atoms with Crippen LogP contribution >= 0.6 is 0 Å². The molecule has 2 heterocycles. The number of carbonyl (C=O) groups excluding carboxylic acids is 1. The van der Waals surface area contributed by atoms with Crippen LogP contribution in [0.2, 0.25) is 0 Å². The molecule has 0 aromatic carbocycles. The Labute approximate surface area is 98.6 Å². The molecule has 0 N–H and O–H groups in total. The zero-order valence-corrected chi connectivity index (χ0v) is 10.1. The number of ether oxygens (including phenoxy) is 1. The van der Waals surface area contributed by atoms with Gasteiger partial charge in [-0.25, -0.2) is 14.3 Å². The fourth-order valence-electron chi connectivity index (χ4n) is 1.54. The van der Waals surface area contributed by atoms with Gasteiger partial charge in [-0.1, -0.05) is 6.92 Å². The second-order valence-corrected chi connectivity index (χ2v) is 3.57. The zero-order valence-electron chi connectivity index (χ0n) is 10.1. The molecule has 0 aliphatic carbocycles. The largest absolute Gasteiger partial charge is 0.462 e. The summed E-state index contributed by atoms with van der Waals surface area (Å²) >= 11 is 0. The van der Waals surface area contributed by atoms with E-state index >= 15 is 0 Å². The van der Waals surface area contributed by atoms with E-state index in [1.165, 1.54) is 6.20 Å². The fourth-order valence-corrected chi connectivity index (χ4v) is 1.54. The Hall–Kier alpha value is -1.98. The minimum atomic E-state index is -0.382. The van der Waals surface area contributed by atoms with Crippen molar-refractivity contribution in [3.05, 3.63) is 23.3 Å². The second-order valence-electron chi connectivity index (χ2n) is 3.57. The highest BCUT2D eigenvalue weighted by molar-refractivity contribution is 5.90. The molecule has 17 heavy (non-hydrogen) atoms. The predicted molar refractivity (Wildman–Crippen MR) is 60.9 cm³/mol. The van der Waals surface area contributed by atoms with Crippen LogP contribution in [0.1, 0.15) is 35.7 Å². The van der Waals surface area contributed by atoms with E-state index in [4.69, 9.17) is 4.74 Å². The minimum Gasteiger partial charge on any atom is -0.462 e. The summed E-state index contributed by atoms with van der Waals surface area (Å²) in [7, 11) is 0. The number of fused-ring (bicyclic) bond motifs is 1. The molecular weight excluding hydrogens is 220 g/mol. The molecular formula is C11H14N4O2. The van der Waals surface area contributed by atoms with Gasteiger partial charge < -0.3 is 4.74 Å². The van der Waals surface area contributed by atoms with Crippen LogP contribution in [-0.2, 0) is 11.2 Å². The summed E-state index contributed by atoms with van der Waals surface area (Å²) in [6, 6.07) is 0. The van der Waals surface area contributed by atoms with Crippen LogP contribution in [0.25, 0.3) is 5.78 Å². The third-order valence-corrected chi connectivity index (χ3v) is 2.46. The molecule has 90 valence electrons. The van der Waals surface area contributed by atoms with Crippen LogP contribution in [0.4, 0.5) is 0 Å². The number of hydrogen-bond acceptors (Lipinski definition) is 5. The molecule has 0 unspecified atom stereocenters. The molecule has 0 atom stereocenters. The highest BCUT2D eigenvalue weighted by Gasteiger charge is 2.15. The number of nitrogens with zero attached hydrogens (tertiary/aromatic N) is 4. The van der Waals surface area contributed by atoms with Crippen molar-refractivity contribution in [2.24, 2.45) is 0 Å². The Morgan fingerprint density at radius 2 is 2.24 bits per heavy atom. The second kappa shape index (κ2) is 4.48. The average molecular weight is 234 g/mol. The van der Waals surface area contributed by atoms with Crippen molar-refractivity contribution >= 4 is 11.7 Å². The highest BCUT2D eigenvalue weighted by Crippen LogP contribution is 2.10.